The highest BCUT2D eigenvalue weighted by Crippen LogP contribution is 2.36. The predicted octanol–water partition coefficient (Wildman–Crippen LogP) is 6.35. The van der Waals surface area contributed by atoms with E-state index in [1.807, 2.05) is 26.9 Å². The van der Waals surface area contributed by atoms with E-state index in [1.165, 1.54) is 24.3 Å². The molecule has 0 heterocycles. The number of rotatable bonds is 14. The van der Waals surface area contributed by atoms with E-state index in [4.69, 9.17) is 20.2 Å². The molecule has 0 aliphatic heterocycles. The van der Waals surface area contributed by atoms with Crippen LogP contribution in [0, 0.1) is 13.8 Å². The van der Waals surface area contributed by atoms with Crippen LogP contribution in [0.5, 0.6) is 0 Å². The Labute approximate surface area is 269 Å². The smallest absolute Gasteiger partial charge is 0.297 e. The Morgan fingerprint density at radius 1 is 0.818 bits per heavy atom. The Kier molecular flexibility index (Phi) is 12.0. The van der Waals surface area contributed by atoms with Crippen molar-refractivity contribution in [3.05, 3.63) is 94.5 Å². The van der Waals surface area contributed by atoms with Crippen molar-refractivity contribution in [2.75, 3.05) is 19.8 Å². The molecule has 0 aromatic heterocycles. The quantitative estimate of drug-likeness (QED) is 0.156. The summed E-state index contributed by atoms with van der Waals surface area (Å²) < 4.78 is 67.7. The molecule has 0 saturated carbocycles. The zero-order chi connectivity index (χ0) is 32.9. The molecule has 3 rings (SSSR count). The molecular formula is C32H44ClNO7S2Si. The van der Waals surface area contributed by atoms with Crippen LogP contribution in [0.3, 0.4) is 0 Å². The minimum atomic E-state index is -4.23. The van der Waals surface area contributed by atoms with Gasteiger partial charge in [-0.05, 0) is 80.4 Å². The lowest BCUT2D eigenvalue weighted by atomic mass is 10.1. The van der Waals surface area contributed by atoms with Crippen molar-refractivity contribution in [1.82, 2.24) is 4.31 Å². The van der Waals surface area contributed by atoms with E-state index in [0.29, 0.717) is 10.6 Å². The van der Waals surface area contributed by atoms with Crippen LogP contribution in [0.25, 0.3) is 0 Å². The first-order valence-corrected chi connectivity index (χ1v) is 20.6. The summed E-state index contributed by atoms with van der Waals surface area (Å²) >= 11 is 6.09. The van der Waals surface area contributed by atoms with Crippen LogP contribution in [-0.4, -0.2) is 66.5 Å². The second-order valence-corrected chi connectivity index (χ2v) is 21.4. The van der Waals surface area contributed by atoms with E-state index < -0.39 is 47.2 Å². The molecule has 2 atom stereocenters. The third-order valence-electron chi connectivity index (χ3n) is 7.98. The second-order valence-electron chi connectivity index (χ2n) is 12.6. The van der Waals surface area contributed by atoms with Crippen molar-refractivity contribution < 1.29 is 30.6 Å². The number of hydrogen-bond acceptors (Lipinski definition) is 7. The summed E-state index contributed by atoms with van der Waals surface area (Å²) in [5, 5.41) is 11.6. The van der Waals surface area contributed by atoms with Gasteiger partial charge in [0.15, 0.2) is 8.32 Å². The highest BCUT2D eigenvalue weighted by Gasteiger charge is 2.39. The largest absolute Gasteiger partial charge is 0.414 e. The maximum absolute atomic E-state index is 14.2. The van der Waals surface area contributed by atoms with Crippen molar-refractivity contribution >= 4 is 40.1 Å². The molecule has 0 spiro atoms. The van der Waals surface area contributed by atoms with E-state index in [-0.39, 0.29) is 34.4 Å². The predicted molar refractivity (Wildman–Crippen MR) is 177 cm³/mol. The first kappa shape index (κ1) is 36.4. The number of halogens is 1. The molecule has 0 bridgehead atoms. The topological polar surface area (TPSA) is 110 Å². The molecule has 0 unspecified atom stereocenters. The molecular weight excluding hydrogens is 638 g/mol. The summed E-state index contributed by atoms with van der Waals surface area (Å²) in [7, 11) is -10.7. The SMILES string of the molecule is Cc1ccc(S(=O)(=O)OC[C@H](Cc2ccc(Cl)cc2)N(C[C@H](O)CO[Si](C)(C)C(C)(C)C)S(=O)(=O)c2ccc(C)cc2)cc1. The van der Waals surface area contributed by atoms with Gasteiger partial charge in [0.1, 0.15) is 0 Å². The van der Waals surface area contributed by atoms with Gasteiger partial charge in [-0.2, -0.15) is 12.7 Å². The van der Waals surface area contributed by atoms with Crippen LogP contribution in [0.2, 0.25) is 23.2 Å². The molecule has 0 fully saturated rings. The van der Waals surface area contributed by atoms with Gasteiger partial charge in [0.05, 0.1) is 35.2 Å². The molecule has 242 valence electrons. The Morgan fingerprint density at radius 2 is 1.32 bits per heavy atom. The van der Waals surface area contributed by atoms with Crippen LogP contribution >= 0.6 is 11.6 Å². The summed E-state index contributed by atoms with van der Waals surface area (Å²) in [4.78, 5) is -0.0211. The van der Waals surface area contributed by atoms with Gasteiger partial charge in [0.25, 0.3) is 10.1 Å². The number of aliphatic hydroxyl groups is 1. The van der Waals surface area contributed by atoms with Crippen molar-refractivity contribution in [2.24, 2.45) is 0 Å². The standard InChI is InChI=1S/C32H44ClNO7S2Si/c1-24-8-16-30(17-9-24)42(36,37)34(21-29(35)23-41-44(6,7)32(3,4)5)28(20-26-12-14-27(33)15-13-26)22-40-43(38,39)31-18-10-25(2)11-19-31/h8-19,28-29,35H,20-23H2,1-7H3/t28-,29-/m0/s1. The third kappa shape index (κ3) is 9.70. The number of hydrogen-bond donors (Lipinski definition) is 1. The van der Waals surface area contributed by atoms with Gasteiger partial charge >= 0.3 is 0 Å². The molecule has 0 radical (unpaired) electrons. The summed E-state index contributed by atoms with van der Waals surface area (Å²) in [5.74, 6) is 0. The minimum absolute atomic E-state index is 0.0168. The van der Waals surface area contributed by atoms with Crippen molar-refractivity contribution in [3.63, 3.8) is 0 Å². The van der Waals surface area contributed by atoms with E-state index in [9.17, 15) is 21.9 Å². The number of aryl methyl sites for hydroxylation is 2. The summed E-state index contributed by atoms with van der Waals surface area (Å²) in [6.07, 6.45) is -1.09. The fourth-order valence-electron chi connectivity index (χ4n) is 4.15. The Hall–Kier alpha value is -2.09. The zero-order valence-corrected chi connectivity index (χ0v) is 29.8. The molecule has 3 aromatic carbocycles. The Morgan fingerprint density at radius 3 is 1.82 bits per heavy atom. The van der Waals surface area contributed by atoms with Gasteiger partial charge in [-0.3, -0.25) is 4.18 Å². The van der Waals surface area contributed by atoms with Crippen LogP contribution in [0.1, 0.15) is 37.5 Å². The molecule has 3 aromatic rings. The summed E-state index contributed by atoms with van der Waals surface area (Å²) in [5.41, 5.74) is 2.48. The summed E-state index contributed by atoms with van der Waals surface area (Å²) in [6, 6.07) is 18.4. The number of aliphatic hydroxyl groups excluding tert-OH is 1. The molecule has 0 aliphatic carbocycles. The average molecular weight is 682 g/mol. The first-order chi connectivity index (χ1) is 20.3. The fourth-order valence-corrected chi connectivity index (χ4v) is 7.90. The second kappa shape index (κ2) is 14.6. The van der Waals surface area contributed by atoms with Gasteiger partial charge in [-0.25, -0.2) is 8.42 Å². The molecule has 44 heavy (non-hydrogen) atoms. The van der Waals surface area contributed by atoms with Gasteiger partial charge in [-0.1, -0.05) is 79.9 Å². The van der Waals surface area contributed by atoms with Gasteiger partial charge in [-0.15, -0.1) is 0 Å². The maximum Gasteiger partial charge on any atom is 0.297 e. The van der Waals surface area contributed by atoms with Crippen molar-refractivity contribution in [2.45, 2.75) is 81.1 Å². The van der Waals surface area contributed by atoms with E-state index >= 15 is 0 Å². The minimum Gasteiger partial charge on any atom is -0.414 e. The van der Waals surface area contributed by atoms with Gasteiger partial charge in [0, 0.05) is 11.6 Å². The van der Waals surface area contributed by atoms with Gasteiger partial charge < -0.3 is 9.53 Å². The first-order valence-electron chi connectivity index (χ1n) is 14.4. The van der Waals surface area contributed by atoms with Gasteiger partial charge in [0.2, 0.25) is 10.0 Å². The number of benzene rings is 3. The Bertz CT molecular complexity index is 1590. The van der Waals surface area contributed by atoms with Crippen LogP contribution in [-0.2, 0) is 35.2 Å². The summed E-state index contributed by atoms with van der Waals surface area (Å²) in [6.45, 7) is 13.1. The lowest BCUT2D eigenvalue weighted by Crippen LogP contribution is -2.50. The van der Waals surface area contributed by atoms with E-state index in [2.05, 4.69) is 20.8 Å². The zero-order valence-electron chi connectivity index (χ0n) is 26.4. The fraction of sp³-hybridized carbons (Fsp3) is 0.438. The molecule has 1 N–H and O–H groups in total. The monoisotopic (exact) mass is 681 g/mol. The van der Waals surface area contributed by atoms with Crippen LogP contribution < -0.4 is 0 Å². The number of nitrogens with zero attached hydrogens (tertiary/aromatic N) is 1. The van der Waals surface area contributed by atoms with Crippen molar-refractivity contribution in [1.29, 1.82) is 0 Å². The van der Waals surface area contributed by atoms with Crippen LogP contribution in [0.4, 0.5) is 0 Å². The molecule has 12 heteroatoms. The maximum atomic E-state index is 14.2. The molecule has 8 nitrogen and oxygen atoms in total. The van der Waals surface area contributed by atoms with E-state index in [0.717, 1.165) is 15.4 Å². The van der Waals surface area contributed by atoms with E-state index in [1.54, 1.807) is 48.5 Å². The van der Waals surface area contributed by atoms with Crippen LogP contribution in [0.15, 0.2) is 82.6 Å². The number of sulfonamides is 1. The molecule has 0 saturated heterocycles. The van der Waals surface area contributed by atoms with Crippen molar-refractivity contribution in [3.8, 4) is 0 Å². The lowest BCUT2D eigenvalue weighted by Gasteiger charge is -2.37. The molecule has 0 aliphatic rings. The Balaban J connectivity index is 2.02. The highest BCUT2D eigenvalue weighted by atomic mass is 35.5. The lowest BCUT2D eigenvalue weighted by molar-refractivity contribution is 0.0693. The third-order valence-corrected chi connectivity index (χ3v) is 16.0. The normalized spacial score (nSPS) is 14.5. The highest BCUT2D eigenvalue weighted by molar-refractivity contribution is 7.89. The molecule has 0 amide bonds. The average Bonchev–Trinajstić information content (AvgIpc) is 2.94.